The highest BCUT2D eigenvalue weighted by atomic mass is 35.5. The second-order valence-electron chi connectivity index (χ2n) is 7.33. The van der Waals surface area contributed by atoms with Crippen LogP contribution in [0.2, 0.25) is 0 Å². The maximum Gasteiger partial charge on any atom is 0.475 e. The van der Waals surface area contributed by atoms with Crippen LogP contribution in [0.1, 0.15) is 46.5 Å². The zero-order valence-corrected chi connectivity index (χ0v) is 13.0. The van der Waals surface area contributed by atoms with Crippen molar-refractivity contribution >= 4 is 18.7 Å². The van der Waals surface area contributed by atoms with Crippen LogP contribution in [0, 0.1) is 17.3 Å². The summed E-state index contributed by atoms with van der Waals surface area (Å²) in [6, 6.07) is 0. The SMILES string of the molecule is CC1(C)[C@H]2C[C@@H]3OB([C@@H](N)CCCCl)O[C@]3(C)[C@@H]1C2. The van der Waals surface area contributed by atoms with E-state index in [1.807, 2.05) is 0 Å². The van der Waals surface area contributed by atoms with Gasteiger partial charge in [0.2, 0.25) is 0 Å². The first-order valence-electron chi connectivity index (χ1n) is 7.54. The molecule has 0 radical (unpaired) electrons. The van der Waals surface area contributed by atoms with Crippen LogP contribution < -0.4 is 5.73 Å². The highest BCUT2D eigenvalue weighted by molar-refractivity contribution is 6.47. The second kappa shape index (κ2) is 4.62. The zero-order valence-electron chi connectivity index (χ0n) is 12.2. The van der Waals surface area contributed by atoms with E-state index in [1.165, 1.54) is 6.42 Å². The van der Waals surface area contributed by atoms with Crippen molar-refractivity contribution in [2.24, 2.45) is 23.0 Å². The lowest BCUT2D eigenvalue weighted by Crippen LogP contribution is -2.65. The molecule has 4 rings (SSSR count). The molecule has 1 heterocycles. The van der Waals surface area contributed by atoms with Crippen LogP contribution in [0.4, 0.5) is 0 Å². The molecule has 3 saturated carbocycles. The Kier molecular flexibility index (Phi) is 3.45. The highest BCUT2D eigenvalue weighted by Gasteiger charge is 2.68. The molecule has 0 aromatic heterocycles. The van der Waals surface area contributed by atoms with Crippen molar-refractivity contribution in [3.8, 4) is 0 Å². The summed E-state index contributed by atoms with van der Waals surface area (Å²) in [5.41, 5.74) is 6.45. The molecule has 2 bridgehead atoms. The molecule has 5 atom stereocenters. The summed E-state index contributed by atoms with van der Waals surface area (Å²) in [5.74, 6) is 1.99. The molecule has 1 aliphatic heterocycles. The van der Waals surface area contributed by atoms with Crippen molar-refractivity contribution in [2.45, 2.75) is 64.1 Å². The number of hydrogen-bond acceptors (Lipinski definition) is 3. The molecule has 0 amide bonds. The van der Waals surface area contributed by atoms with Crippen molar-refractivity contribution < 1.29 is 9.31 Å². The van der Waals surface area contributed by atoms with E-state index in [2.05, 4.69) is 20.8 Å². The molecule has 0 spiro atoms. The van der Waals surface area contributed by atoms with Crippen molar-refractivity contribution in [2.75, 3.05) is 5.88 Å². The predicted octanol–water partition coefficient (Wildman–Crippen LogP) is 2.60. The van der Waals surface area contributed by atoms with Gasteiger partial charge in [-0.25, -0.2) is 0 Å². The van der Waals surface area contributed by atoms with Crippen LogP contribution in [0.3, 0.4) is 0 Å². The quantitative estimate of drug-likeness (QED) is 0.638. The minimum atomic E-state index is -0.242. The lowest BCUT2D eigenvalue weighted by molar-refractivity contribution is -0.199. The fraction of sp³-hybridized carbons (Fsp3) is 1.00. The summed E-state index contributed by atoms with van der Waals surface area (Å²) in [7, 11) is -0.242. The first kappa shape index (κ1) is 14.2. The van der Waals surface area contributed by atoms with Gasteiger partial charge in [0.15, 0.2) is 0 Å². The molecule has 19 heavy (non-hydrogen) atoms. The number of hydrogen-bond donors (Lipinski definition) is 1. The number of nitrogens with two attached hydrogens (primary N) is 1. The van der Waals surface area contributed by atoms with Crippen molar-refractivity contribution in [1.82, 2.24) is 0 Å². The van der Waals surface area contributed by atoms with Crippen LogP contribution in [-0.4, -0.2) is 30.6 Å². The minimum Gasteiger partial charge on any atom is -0.404 e. The van der Waals surface area contributed by atoms with Gasteiger partial charge < -0.3 is 15.0 Å². The van der Waals surface area contributed by atoms with E-state index in [0.717, 1.165) is 25.2 Å². The summed E-state index contributed by atoms with van der Waals surface area (Å²) in [6.07, 6.45) is 4.43. The smallest absolute Gasteiger partial charge is 0.404 e. The molecule has 108 valence electrons. The molecule has 0 aromatic rings. The topological polar surface area (TPSA) is 44.5 Å². The van der Waals surface area contributed by atoms with Gasteiger partial charge in [-0.2, -0.15) is 0 Å². The van der Waals surface area contributed by atoms with Gasteiger partial charge in [-0.1, -0.05) is 13.8 Å². The Morgan fingerprint density at radius 1 is 1.37 bits per heavy atom. The summed E-state index contributed by atoms with van der Waals surface area (Å²) in [4.78, 5) is 0. The first-order valence-corrected chi connectivity index (χ1v) is 8.08. The Morgan fingerprint density at radius 3 is 2.74 bits per heavy atom. The maximum atomic E-state index is 6.31. The molecule has 4 fully saturated rings. The van der Waals surface area contributed by atoms with E-state index in [4.69, 9.17) is 26.6 Å². The average Bonchev–Trinajstić information content (AvgIpc) is 2.72. The highest BCUT2D eigenvalue weighted by Crippen LogP contribution is 2.65. The van der Waals surface area contributed by atoms with Gasteiger partial charge in [-0.15, -0.1) is 11.6 Å². The molecule has 0 aromatic carbocycles. The van der Waals surface area contributed by atoms with E-state index in [-0.39, 0.29) is 24.8 Å². The van der Waals surface area contributed by atoms with E-state index in [9.17, 15) is 0 Å². The lowest BCUT2D eigenvalue weighted by Gasteiger charge is -2.64. The zero-order chi connectivity index (χ0) is 13.8. The summed E-state index contributed by atoms with van der Waals surface area (Å²) < 4.78 is 12.4. The van der Waals surface area contributed by atoms with E-state index < -0.39 is 0 Å². The van der Waals surface area contributed by atoms with Crippen LogP contribution in [0.5, 0.6) is 0 Å². The van der Waals surface area contributed by atoms with Crippen LogP contribution >= 0.6 is 11.6 Å². The molecule has 0 unspecified atom stereocenters. The van der Waals surface area contributed by atoms with E-state index in [0.29, 0.717) is 17.2 Å². The monoisotopic (exact) mass is 285 g/mol. The molecule has 1 saturated heterocycles. The average molecular weight is 286 g/mol. The second-order valence-corrected chi connectivity index (χ2v) is 7.71. The summed E-state index contributed by atoms with van der Waals surface area (Å²) >= 11 is 5.73. The first-order chi connectivity index (χ1) is 8.89. The van der Waals surface area contributed by atoms with Gasteiger partial charge in [0.05, 0.1) is 11.7 Å². The predicted molar refractivity (Wildman–Crippen MR) is 78.0 cm³/mol. The Bertz CT molecular complexity index is 367. The third-order valence-corrected chi connectivity index (χ3v) is 6.26. The maximum absolute atomic E-state index is 6.31. The third-order valence-electron chi connectivity index (χ3n) is 5.99. The van der Waals surface area contributed by atoms with Crippen LogP contribution in [0.25, 0.3) is 0 Å². The van der Waals surface area contributed by atoms with E-state index >= 15 is 0 Å². The van der Waals surface area contributed by atoms with Gasteiger partial charge >= 0.3 is 7.12 Å². The number of alkyl halides is 1. The van der Waals surface area contributed by atoms with Gasteiger partial charge in [-0.05, 0) is 49.9 Å². The van der Waals surface area contributed by atoms with Crippen LogP contribution in [-0.2, 0) is 9.31 Å². The number of rotatable bonds is 4. The van der Waals surface area contributed by atoms with Crippen molar-refractivity contribution in [3.05, 3.63) is 0 Å². The standard InChI is InChI=1S/C14H25BClNO2/c1-13(2)9-7-10(13)14(3)11(8-9)18-15(19-14)12(17)5-4-6-16/h9-12H,4-8,17H2,1-3H3/t9-,10-,11+,12+,14-/m1/s1. The molecular formula is C14H25BClNO2. The Morgan fingerprint density at radius 2 is 2.11 bits per heavy atom. The van der Waals surface area contributed by atoms with Crippen molar-refractivity contribution in [3.63, 3.8) is 0 Å². The largest absolute Gasteiger partial charge is 0.475 e. The van der Waals surface area contributed by atoms with Crippen molar-refractivity contribution in [1.29, 1.82) is 0 Å². The normalized spacial score (nSPS) is 44.7. The molecule has 4 aliphatic rings. The molecule has 5 heteroatoms. The number of halogens is 1. The molecular weight excluding hydrogens is 260 g/mol. The summed E-state index contributed by atoms with van der Waals surface area (Å²) in [6.45, 7) is 6.97. The van der Waals surface area contributed by atoms with Gasteiger partial charge in [0, 0.05) is 11.8 Å². The Balaban J connectivity index is 1.70. The fourth-order valence-corrected chi connectivity index (χ4v) is 4.69. The lowest BCUT2D eigenvalue weighted by atomic mass is 9.43. The molecule has 3 nitrogen and oxygen atoms in total. The minimum absolute atomic E-state index is 0.0542. The Labute approximate surface area is 121 Å². The Hall–Kier alpha value is 0.235. The van der Waals surface area contributed by atoms with Gasteiger partial charge in [-0.3, -0.25) is 0 Å². The van der Waals surface area contributed by atoms with Crippen LogP contribution in [0.15, 0.2) is 0 Å². The van der Waals surface area contributed by atoms with E-state index in [1.54, 1.807) is 0 Å². The molecule has 3 aliphatic carbocycles. The van der Waals surface area contributed by atoms with Gasteiger partial charge in [0.25, 0.3) is 0 Å². The fourth-order valence-electron chi connectivity index (χ4n) is 4.53. The van der Waals surface area contributed by atoms with Gasteiger partial charge in [0.1, 0.15) is 0 Å². The summed E-state index contributed by atoms with van der Waals surface area (Å²) in [5, 5.41) is 0. The third kappa shape index (κ3) is 1.98. The molecule has 2 N–H and O–H groups in total.